The van der Waals surface area contributed by atoms with Gasteiger partial charge in [-0.05, 0) is 27.7 Å². The molecule has 1 aliphatic rings. The zero-order valence-electron chi connectivity index (χ0n) is 10.6. The number of aliphatic hydroxyl groups excluding tert-OH is 1. The first-order chi connectivity index (χ1) is 7.70. The van der Waals surface area contributed by atoms with E-state index in [1.165, 1.54) is 6.92 Å². The Bertz CT molecular complexity index is 286. The van der Waals surface area contributed by atoms with Crippen molar-refractivity contribution in [2.24, 2.45) is 0 Å². The highest BCUT2D eigenvalue weighted by molar-refractivity contribution is 5.79. The van der Waals surface area contributed by atoms with Gasteiger partial charge in [0.2, 0.25) is 0 Å². The van der Waals surface area contributed by atoms with E-state index in [0.717, 1.165) is 0 Å². The first-order valence-electron chi connectivity index (χ1n) is 5.60. The van der Waals surface area contributed by atoms with Gasteiger partial charge < -0.3 is 24.4 Å². The maximum atomic E-state index is 11.5. The zero-order chi connectivity index (χ0) is 13.3. The monoisotopic (exact) mass is 248 g/mol. The molecular weight excluding hydrogens is 228 g/mol. The third-order valence-electron chi connectivity index (χ3n) is 2.65. The first-order valence-corrected chi connectivity index (χ1v) is 5.60. The van der Waals surface area contributed by atoms with E-state index in [4.69, 9.17) is 14.2 Å². The number of carbonyl (C=O) groups excluding carboxylic acids is 1. The van der Waals surface area contributed by atoms with Crippen molar-refractivity contribution < 1.29 is 29.2 Å². The van der Waals surface area contributed by atoms with E-state index in [-0.39, 0.29) is 13.2 Å². The molecule has 17 heavy (non-hydrogen) atoms. The van der Waals surface area contributed by atoms with E-state index in [1.54, 1.807) is 20.8 Å². The lowest BCUT2D eigenvalue weighted by atomic mass is 9.95. The van der Waals surface area contributed by atoms with Gasteiger partial charge in [0.05, 0.1) is 13.2 Å². The fourth-order valence-corrected chi connectivity index (χ4v) is 1.63. The molecule has 6 heteroatoms. The Labute approximate surface area is 100 Å². The van der Waals surface area contributed by atoms with E-state index in [9.17, 15) is 15.0 Å². The van der Waals surface area contributed by atoms with E-state index in [0.29, 0.717) is 0 Å². The Morgan fingerprint density at radius 3 is 2.65 bits per heavy atom. The maximum Gasteiger partial charge on any atom is 0.340 e. The normalized spacial score (nSPS) is 28.5. The van der Waals surface area contributed by atoms with Gasteiger partial charge in [-0.2, -0.15) is 0 Å². The van der Waals surface area contributed by atoms with Crippen LogP contribution in [0, 0.1) is 0 Å². The minimum atomic E-state index is -2.01. The molecule has 1 heterocycles. The Balaban J connectivity index is 2.69. The van der Waals surface area contributed by atoms with E-state index >= 15 is 0 Å². The number of hydrogen-bond donors (Lipinski definition) is 2. The van der Waals surface area contributed by atoms with Crippen molar-refractivity contribution >= 4 is 5.97 Å². The summed E-state index contributed by atoms with van der Waals surface area (Å²) in [6.07, 6.45) is -2.16. The lowest BCUT2D eigenvalue weighted by Crippen LogP contribution is -2.54. The molecule has 6 nitrogen and oxygen atoms in total. The molecule has 0 aromatic carbocycles. The van der Waals surface area contributed by atoms with Crippen molar-refractivity contribution in [2.75, 3.05) is 13.2 Å². The second-order valence-corrected chi connectivity index (χ2v) is 4.68. The molecule has 0 aromatic rings. The van der Waals surface area contributed by atoms with Gasteiger partial charge in [0.25, 0.3) is 0 Å². The molecule has 0 aromatic heterocycles. The predicted octanol–water partition coefficient (Wildman–Crippen LogP) is -0.187. The van der Waals surface area contributed by atoms with Crippen molar-refractivity contribution in [3.05, 3.63) is 0 Å². The minimum absolute atomic E-state index is 0.115. The second-order valence-electron chi connectivity index (χ2n) is 4.68. The molecule has 0 bridgehead atoms. The Hall–Kier alpha value is -0.690. The lowest BCUT2D eigenvalue weighted by Gasteiger charge is -2.30. The van der Waals surface area contributed by atoms with Crippen molar-refractivity contribution in [1.29, 1.82) is 0 Å². The highest BCUT2D eigenvalue weighted by Crippen LogP contribution is 2.28. The smallest absolute Gasteiger partial charge is 0.340 e. The van der Waals surface area contributed by atoms with Crippen molar-refractivity contribution in [3.8, 4) is 0 Å². The van der Waals surface area contributed by atoms with Crippen molar-refractivity contribution in [1.82, 2.24) is 0 Å². The van der Waals surface area contributed by atoms with Gasteiger partial charge in [-0.25, -0.2) is 4.79 Å². The third kappa shape index (κ3) is 3.16. The number of carbonyl (C=O) groups is 1. The van der Waals surface area contributed by atoms with Crippen molar-refractivity contribution in [2.45, 2.75) is 51.3 Å². The van der Waals surface area contributed by atoms with Gasteiger partial charge in [0.15, 0.2) is 11.4 Å². The van der Waals surface area contributed by atoms with Crippen LogP contribution in [0.1, 0.15) is 27.7 Å². The summed E-state index contributed by atoms with van der Waals surface area (Å²) in [5.41, 5.74) is -2.01. The molecule has 0 radical (unpaired) electrons. The van der Waals surface area contributed by atoms with Crippen LogP contribution in [0.15, 0.2) is 0 Å². The summed E-state index contributed by atoms with van der Waals surface area (Å²) in [6, 6.07) is 0. The number of ether oxygens (including phenoxy) is 3. The van der Waals surface area contributed by atoms with Gasteiger partial charge in [-0.3, -0.25) is 0 Å². The number of aliphatic hydroxyl groups is 2. The number of esters is 1. The highest BCUT2D eigenvalue weighted by Gasteiger charge is 2.48. The molecule has 1 saturated heterocycles. The third-order valence-corrected chi connectivity index (χ3v) is 2.65. The van der Waals surface area contributed by atoms with Crippen LogP contribution in [0.5, 0.6) is 0 Å². The molecule has 2 N–H and O–H groups in total. The molecule has 1 aliphatic heterocycles. The summed E-state index contributed by atoms with van der Waals surface area (Å²) in [7, 11) is 0. The topological polar surface area (TPSA) is 85.2 Å². The maximum absolute atomic E-state index is 11.5. The summed E-state index contributed by atoms with van der Waals surface area (Å²) in [5, 5.41) is 19.9. The van der Waals surface area contributed by atoms with Gasteiger partial charge in [0.1, 0.15) is 12.2 Å². The first kappa shape index (κ1) is 14.4. The Kier molecular flexibility index (Phi) is 4.14. The largest absolute Gasteiger partial charge is 0.464 e. The summed E-state index contributed by atoms with van der Waals surface area (Å²) in [5.74, 6) is -1.70. The fraction of sp³-hybridized carbons (Fsp3) is 0.909. The van der Waals surface area contributed by atoms with Crippen LogP contribution in [0.4, 0.5) is 0 Å². The molecule has 100 valence electrons. The van der Waals surface area contributed by atoms with Crippen molar-refractivity contribution in [3.63, 3.8) is 0 Å². The summed E-state index contributed by atoms with van der Waals surface area (Å²) < 4.78 is 15.3. The zero-order valence-corrected chi connectivity index (χ0v) is 10.6. The summed E-state index contributed by atoms with van der Waals surface area (Å²) in [4.78, 5) is 11.5. The van der Waals surface area contributed by atoms with Gasteiger partial charge in [-0.1, -0.05) is 0 Å². The fourth-order valence-electron chi connectivity index (χ4n) is 1.63. The molecule has 0 amide bonds. The average Bonchev–Trinajstić information content (AvgIpc) is 2.58. The van der Waals surface area contributed by atoms with Gasteiger partial charge in [-0.15, -0.1) is 0 Å². The van der Waals surface area contributed by atoms with Crippen LogP contribution in [-0.2, 0) is 19.0 Å². The molecule has 0 aliphatic carbocycles. The molecular formula is C11H20O6. The van der Waals surface area contributed by atoms with Crippen LogP contribution in [0.3, 0.4) is 0 Å². The van der Waals surface area contributed by atoms with Crippen LogP contribution in [0.25, 0.3) is 0 Å². The van der Waals surface area contributed by atoms with Gasteiger partial charge in [0, 0.05) is 0 Å². The molecule has 1 fully saturated rings. The van der Waals surface area contributed by atoms with E-state index in [2.05, 4.69) is 0 Å². The van der Waals surface area contributed by atoms with Crippen LogP contribution < -0.4 is 0 Å². The molecule has 0 saturated carbocycles. The van der Waals surface area contributed by atoms with E-state index in [1.807, 2.05) is 0 Å². The van der Waals surface area contributed by atoms with E-state index < -0.39 is 29.6 Å². The Morgan fingerprint density at radius 1 is 1.65 bits per heavy atom. The SMILES string of the molecule is CCOC(=O)C(C)(O)C(O)[C@H]1COC(C)(C)O1. The second kappa shape index (κ2) is 4.89. The minimum Gasteiger partial charge on any atom is -0.464 e. The van der Waals surface area contributed by atoms with Crippen LogP contribution in [-0.4, -0.2) is 53.0 Å². The van der Waals surface area contributed by atoms with Gasteiger partial charge >= 0.3 is 5.97 Å². The molecule has 0 spiro atoms. The molecule has 1 rings (SSSR count). The average molecular weight is 248 g/mol. The molecule has 2 unspecified atom stereocenters. The Morgan fingerprint density at radius 2 is 2.24 bits per heavy atom. The predicted molar refractivity (Wildman–Crippen MR) is 58.2 cm³/mol. The highest BCUT2D eigenvalue weighted by atomic mass is 16.7. The quantitative estimate of drug-likeness (QED) is 0.671. The summed E-state index contributed by atoms with van der Waals surface area (Å²) >= 11 is 0. The number of rotatable bonds is 4. The van der Waals surface area contributed by atoms with Crippen LogP contribution >= 0.6 is 0 Å². The summed E-state index contributed by atoms with van der Waals surface area (Å²) in [6.45, 7) is 6.46. The lowest BCUT2D eigenvalue weighted by molar-refractivity contribution is -0.195. The molecule has 3 atom stereocenters. The van der Waals surface area contributed by atoms with Crippen LogP contribution in [0.2, 0.25) is 0 Å². The number of hydrogen-bond acceptors (Lipinski definition) is 6. The standard InChI is InChI=1S/C11H20O6/c1-5-15-9(13)11(4,14)8(12)7-6-16-10(2,3)17-7/h7-8,12,14H,5-6H2,1-4H3/t7-,8?,11?/m1/s1.